The third-order valence-electron chi connectivity index (χ3n) is 3.47. The van der Waals surface area contributed by atoms with Gasteiger partial charge in [-0.25, -0.2) is 0 Å². The molecular formula is C16H24N4. The molecule has 1 aromatic carbocycles. The zero-order chi connectivity index (χ0) is 14.4. The van der Waals surface area contributed by atoms with Crippen LogP contribution in [0.25, 0.3) is 0 Å². The Bertz CT molecular complexity index is 533. The highest BCUT2D eigenvalue weighted by Gasteiger charge is 2.10. The van der Waals surface area contributed by atoms with Gasteiger partial charge in [0.25, 0.3) is 0 Å². The molecule has 0 saturated heterocycles. The minimum Gasteiger partial charge on any atom is -0.367 e. The monoisotopic (exact) mass is 272 g/mol. The number of rotatable bonds is 7. The fourth-order valence-corrected chi connectivity index (χ4v) is 2.37. The van der Waals surface area contributed by atoms with E-state index in [0.717, 1.165) is 32.6 Å². The van der Waals surface area contributed by atoms with Crippen molar-refractivity contribution in [1.29, 1.82) is 0 Å². The summed E-state index contributed by atoms with van der Waals surface area (Å²) in [7, 11) is 0. The Labute approximate surface area is 121 Å². The van der Waals surface area contributed by atoms with Gasteiger partial charge in [-0.2, -0.15) is 5.10 Å². The Hall–Kier alpha value is -1.81. The van der Waals surface area contributed by atoms with Crippen LogP contribution in [0.15, 0.2) is 36.7 Å². The molecule has 0 atom stereocenters. The zero-order valence-electron chi connectivity index (χ0n) is 12.4. The molecule has 0 saturated carbocycles. The number of aromatic nitrogens is 2. The van der Waals surface area contributed by atoms with Crippen molar-refractivity contribution in [2.24, 2.45) is 5.73 Å². The van der Waals surface area contributed by atoms with Crippen LogP contribution >= 0.6 is 0 Å². The smallest absolute Gasteiger partial charge is 0.0539 e. The summed E-state index contributed by atoms with van der Waals surface area (Å²) in [6.07, 6.45) is 5.07. The first-order valence-electron chi connectivity index (χ1n) is 7.26. The van der Waals surface area contributed by atoms with E-state index in [1.165, 1.54) is 16.8 Å². The molecule has 0 aliphatic carbocycles. The van der Waals surface area contributed by atoms with Crippen molar-refractivity contribution in [3.05, 3.63) is 47.8 Å². The molecule has 4 nitrogen and oxygen atoms in total. The first kappa shape index (κ1) is 14.6. The van der Waals surface area contributed by atoms with Crippen LogP contribution in [0.4, 0.5) is 5.69 Å². The molecule has 4 heteroatoms. The van der Waals surface area contributed by atoms with Gasteiger partial charge in [-0.05, 0) is 38.4 Å². The summed E-state index contributed by atoms with van der Waals surface area (Å²) < 4.78 is 1.97. The van der Waals surface area contributed by atoms with Gasteiger partial charge in [-0.15, -0.1) is 0 Å². The van der Waals surface area contributed by atoms with E-state index in [1.54, 1.807) is 0 Å². The standard InChI is InChI=1S/C16H24N4/c1-3-20-13-15(11-18-20)12-19(10-6-9-17)16-8-5-4-7-14(16)2/h4-5,7-8,11,13H,3,6,9-10,12,17H2,1-2H3. The van der Waals surface area contributed by atoms with Gasteiger partial charge in [-0.1, -0.05) is 18.2 Å². The molecule has 2 aromatic rings. The highest BCUT2D eigenvalue weighted by molar-refractivity contribution is 5.53. The quantitative estimate of drug-likeness (QED) is 0.842. The third kappa shape index (κ3) is 3.61. The molecule has 0 amide bonds. The molecule has 20 heavy (non-hydrogen) atoms. The maximum absolute atomic E-state index is 5.67. The first-order valence-corrected chi connectivity index (χ1v) is 7.26. The SMILES string of the molecule is CCn1cc(CN(CCCN)c2ccccc2C)cn1. The van der Waals surface area contributed by atoms with Gasteiger partial charge in [-0.3, -0.25) is 4.68 Å². The van der Waals surface area contributed by atoms with E-state index in [0.29, 0.717) is 0 Å². The Kier molecular flexibility index (Phi) is 5.18. The molecule has 0 aliphatic rings. The van der Waals surface area contributed by atoms with Gasteiger partial charge in [0.05, 0.1) is 6.20 Å². The number of hydrogen-bond acceptors (Lipinski definition) is 3. The lowest BCUT2D eigenvalue weighted by Gasteiger charge is -2.26. The van der Waals surface area contributed by atoms with E-state index in [9.17, 15) is 0 Å². The normalized spacial score (nSPS) is 10.8. The molecule has 0 aliphatic heterocycles. The second-order valence-corrected chi connectivity index (χ2v) is 5.05. The molecule has 2 N–H and O–H groups in total. The number of aryl methyl sites for hydroxylation is 2. The summed E-state index contributed by atoms with van der Waals surface area (Å²) in [5.41, 5.74) is 9.49. The van der Waals surface area contributed by atoms with E-state index < -0.39 is 0 Å². The van der Waals surface area contributed by atoms with Crippen molar-refractivity contribution in [2.45, 2.75) is 33.4 Å². The highest BCUT2D eigenvalue weighted by Crippen LogP contribution is 2.21. The Morgan fingerprint density at radius 3 is 2.75 bits per heavy atom. The number of hydrogen-bond donors (Lipinski definition) is 1. The lowest BCUT2D eigenvalue weighted by molar-refractivity contribution is 0.658. The third-order valence-corrected chi connectivity index (χ3v) is 3.47. The van der Waals surface area contributed by atoms with Crippen molar-refractivity contribution in [3.63, 3.8) is 0 Å². The summed E-state index contributed by atoms with van der Waals surface area (Å²) in [5.74, 6) is 0. The zero-order valence-corrected chi connectivity index (χ0v) is 12.4. The predicted octanol–water partition coefficient (Wildman–Crippen LogP) is 2.57. The molecule has 0 radical (unpaired) electrons. The van der Waals surface area contributed by atoms with Crippen LogP contribution in [0.5, 0.6) is 0 Å². The molecule has 0 unspecified atom stereocenters. The second kappa shape index (κ2) is 7.10. The van der Waals surface area contributed by atoms with Crippen molar-refractivity contribution in [2.75, 3.05) is 18.0 Å². The van der Waals surface area contributed by atoms with Gasteiger partial charge >= 0.3 is 0 Å². The van der Waals surface area contributed by atoms with Crippen LogP contribution in [-0.4, -0.2) is 22.9 Å². The molecule has 0 spiro atoms. The summed E-state index contributed by atoms with van der Waals surface area (Å²) in [5, 5.41) is 4.35. The number of para-hydroxylation sites is 1. The van der Waals surface area contributed by atoms with E-state index >= 15 is 0 Å². The van der Waals surface area contributed by atoms with Crippen LogP contribution in [-0.2, 0) is 13.1 Å². The van der Waals surface area contributed by atoms with Gasteiger partial charge in [0.15, 0.2) is 0 Å². The van der Waals surface area contributed by atoms with Gasteiger partial charge in [0.2, 0.25) is 0 Å². The van der Waals surface area contributed by atoms with Crippen LogP contribution in [0, 0.1) is 6.92 Å². The summed E-state index contributed by atoms with van der Waals surface area (Å²) >= 11 is 0. The maximum Gasteiger partial charge on any atom is 0.0539 e. The largest absolute Gasteiger partial charge is 0.367 e. The van der Waals surface area contributed by atoms with E-state index in [4.69, 9.17) is 5.73 Å². The van der Waals surface area contributed by atoms with Gasteiger partial charge in [0.1, 0.15) is 0 Å². The van der Waals surface area contributed by atoms with Crippen LogP contribution in [0.3, 0.4) is 0 Å². The van der Waals surface area contributed by atoms with E-state index in [2.05, 4.69) is 54.3 Å². The van der Waals surface area contributed by atoms with Crippen molar-refractivity contribution in [1.82, 2.24) is 9.78 Å². The Morgan fingerprint density at radius 1 is 1.30 bits per heavy atom. The minimum atomic E-state index is 0.719. The molecule has 108 valence electrons. The number of nitrogens with two attached hydrogens (primary N) is 1. The van der Waals surface area contributed by atoms with Crippen molar-refractivity contribution >= 4 is 5.69 Å². The van der Waals surface area contributed by atoms with E-state index in [-0.39, 0.29) is 0 Å². The summed E-state index contributed by atoms with van der Waals surface area (Å²) in [4.78, 5) is 2.39. The molecule has 1 aromatic heterocycles. The molecule has 2 rings (SSSR count). The molecule has 0 bridgehead atoms. The van der Waals surface area contributed by atoms with Crippen LogP contribution in [0.1, 0.15) is 24.5 Å². The van der Waals surface area contributed by atoms with Crippen molar-refractivity contribution < 1.29 is 0 Å². The number of anilines is 1. The van der Waals surface area contributed by atoms with Gasteiger partial charge in [0, 0.05) is 37.1 Å². The number of benzene rings is 1. The molecule has 0 fully saturated rings. The average molecular weight is 272 g/mol. The molecular weight excluding hydrogens is 248 g/mol. The van der Waals surface area contributed by atoms with Crippen LogP contribution in [0.2, 0.25) is 0 Å². The Balaban J connectivity index is 2.17. The fraction of sp³-hybridized carbons (Fsp3) is 0.438. The summed E-state index contributed by atoms with van der Waals surface area (Å²) in [6, 6.07) is 8.50. The highest BCUT2D eigenvalue weighted by atomic mass is 15.3. The Morgan fingerprint density at radius 2 is 2.10 bits per heavy atom. The second-order valence-electron chi connectivity index (χ2n) is 5.05. The maximum atomic E-state index is 5.67. The minimum absolute atomic E-state index is 0.719. The summed E-state index contributed by atoms with van der Waals surface area (Å²) in [6.45, 7) is 7.73. The fourth-order valence-electron chi connectivity index (χ4n) is 2.37. The van der Waals surface area contributed by atoms with Crippen LogP contribution < -0.4 is 10.6 Å². The topological polar surface area (TPSA) is 47.1 Å². The number of nitrogens with zero attached hydrogens (tertiary/aromatic N) is 3. The lowest BCUT2D eigenvalue weighted by Crippen LogP contribution is -2.26. The van der Waals surface area contributed by atoms with E-state index in [1.807, 2.05) is 10.9 Å². The predicted molar refractivity (Wildman–Crippen MR) is 83.8 cm³/mol. The van der Waals surface area contributed by atoms with Gasteiger partial charge < -0.3 is 10.6 Å². The van der Waals surface area contributed by atoms with Crippen molar-refractivity contribution in [3.8, 4) is 0 Å². The lowest BCUT2D eigenvalue weighted by atomic mass is 10.1. The molecule has 1 heterocycles. The average Bonchev–Trinajstić information content (AvgIpc) is 2.92. The first-order chi connectivity index (χ1) is 9.74.